The first kappa shape index (κ1) is 18.6. The van der Waals surface area contributed by atoms with Crippen molar-refractivity contribution < 1.29 is 9.53 Å². The number of amides is 1. The fourth-order valence-electron chi connectivity index (χ4n) is 3.16. The zero-order valence-electron chi connectivity index (χ0n) is 15.3. The summed E-state index contributed by atoms with van der Waals surface area (Å²) >= 11 is 6.38. The van der Waals surface area contributed by atoms with E-state index in [1.165, 1.54) is 5.56 Å². The molecule has 1 aliphatic rings. The molecule has 0 atom stereocenters. The van der Waals surface area contributed by atoms with E-state index >= 15 is 0 Å². The Bertz CT molecular complexity index is 753. The Hall–Kier alpha value is -2.20. The third-order valence-corrected chi connectivity index (χ3v) is 4.90. The SMILES string of the molecule is CC(C)c1ccc(OCC(=O)Nc2cccc(Cl)c2N2CCCC2)cc1. The number of benzene rings is 2. The van der Waals surface area contributed by atoms with E-state index in [2.05, 4.69) is 24.1 Å². The Balaban J connectivity index is 1.62. The number of rotatable bonds is 6. The highest BCUT2D eigenvalue weighted by atomic mass is 35.5. The third kappa shape index (κ3) is 4.50. The third-order valence-electron chi connectivity index (χ3n) is 4.60. The maximum atomic E-state index is 12.3. The van der Waals surface area contributed by atoms with Crippen LogP contribution >= 0.6 is 11.6 Å². The Morgan fingerprint density at radius 3 is 2.50 bits per heavy atom. The van der Waals surface area contributed by atoms with E-state index in [0.29, 0.717) is 16.7 Å². The van der Waals surface area contributed by atoms with Crippen molar-refractivity contribution in [2.24, 2.45) is 0 Å². The lowest BCUT2D eigenvalue weighted by Gasteiger charge is -2.23. The minimum absolute atomic E-state index is 0.0347. The van der Waals surface area contributed by atoms with Gasteiger partial charge >= 0.3 is 0 Å². The van der Waals surface area contributed by atoms with E-state index in [1.54, 1.807) is 0 Å². The van der Waals surface area contributed by atoms with Crippen molar-refractivity contribution in [2.45, 2.75) is 32.6 Å². The van der Waals surface area contributed by atoms with Gasteiger partial charge < -0.3 is 15.0 Å². The number of anilines is 2. The van der Waals surface area contributed by atoms with Crippen LogP contribution in [0, 0.1) is 0 Å². The molecule has 0 saturated carbocycles. The zero-order valence-corrected chi connectivity index (χ0v) is 16.1. The maximum Gasteiger partial charge on any atom is 0.262 e. The molecule has 1 fully saturated rings. The van der Waals surface area contributed by atoms with Gasteiger partial charge in [-0.15, -0.1) is 0 Å². The lowest BCUT2D eigenvalue weighted by atomic mass is 10.0. The highest BCUT2D eigenvalue weighted by Crippen LogP contribution is 2.35. The van der Waals surface area contributed by atoms with Gasteiger partial charge in [-0.25, -0.2) is 0 Å². The summed E-state index contributed by atoms with van der Waals surface area (Å²) in [5.41, 5.74) is 2.89. The molecule has 1 aliphatic heterocycles. The lowest BCUT2D eigenvalue weighted by molar-refractivity contribution is -0.118. The molecule has 2 aromatic carbocycles. The molecular formula is C21H25ClN2O2. The Labute approximate surface area is 160 Å². The van der Waals surface area contributed by atoms with Crippen LogP contribution in [0.1, 0.15) is 38.2 Å². The van der Waals surface area contributed by atoms with Crippen molar-refractivity contribution in [3.8, 4) is 5.75 Å². The van der Waals surface area contributed by atoms with E-state index in [4.69, 9.17) is 16.3 Å². The predicted molar refractivity (Wildman–Crippen MR) is 108 cm³/mol. The fraction of sp³-hybridized carbons (Fsp3) is 0.381. The maximum absolute atomic E-state index is 12.3. The van der Waals surface area contributed by atoms with Crippen LogP contribution in [-0.2, 0) is 4.79 Å². The van der Waals surface area contributed by atoms with Crippen LogP contribution in [0.25, 0.3) is 0 Å². The van der Waals surface area contributed by atoms with Crippen LogP contribution in [-0.4, -0.2) is 25.6 Å². The summed E-state index contributed by atoms with van der Waals surface area (Å²) in [6, 6.07) is 13.4. The van der Waals surface area contributed by atoms with E-state index in [-0.39, 0.29) is 12.5 Å². The summed E-state index contributed by atoms with van der Waals surface area (Å²) in [4.78, 5) is 14.6. The van der Waals surface area contributed by atoms with Crippen molar-refractivity contribution in [1.29, 1.82) is 0 Å². The van der Waals surface area contributed by atoms with Gasteiger partial charge in [-0.2, -0.15) is 0 Å². The van der Waals surface area contributed by atoms with Gasteiger partial charge in [0.25, 0.3) is 5.91 Å². The molecule has 0 aliphatic carbocycles. The largest absolute Gasteiger partial charge is 0.484 e. The molecule has 1 heterocycles. The van der Waals surface area contributed by atoms with Crippen LogP contribution < -0.4 is 15.0 Å². The first-order chi connectivity index (χ1) is 12.5. The van der Waals surface area contributed by atoms with E-state index in [1.807, 2.05) is 42.5 Å². The van der Waals surface area contributed by atoms with Crippen molar-refractivity contribution >= 4 is 28.9 Å². The van der Waals surface area contributed by atoms with Crippen LogP contribution in [0.4, 0.5) is 11.4 Å². The smallest absolute Gasteiger partial charge is 0.262 e. The van der Waals surface area contributed by atoms with Crippen molar-refractivity contribution in [1.82, 2.24) is 0 Å². The molecule has 5 heteroatoms. The molecule has 138 valence electrons. The van der Waals surface area contributed by atoms with Gasteiger partial charge in [0.2, 0.25) is 0 Å². The summed E-state index contributed by atoms with van der Waals surface area (Å²) in [6.45, 7) is 6.18. The number of nitrogens with zero attached hydrogens (tertiary/aromatic N) is 1. The van der Waals surface area contributed by atoms with Crippen LogP contribution in [0.2, 0.25) is 5.02 Å². The van der Waals surface area contributed by atoms with Gasteiger partial charge in [-0.3, -0.25) is 4.79 Å². The topological polar surface area (TPSA) is 41.6 Å². The van der Waals surface area contributed by atoms with Gasteiger partial charge in [0.15, 0.2) is 6.61 Å². The molecule has 0 radical (unpaired) electrons. The first-order valence-corrected chi connectivity index (χ1v) is 9.48. The number of carbonyl (C=O) groups is 1. The number of carbonyl (C=O) groups excluding carboxylic acids is 1. The lowest BCUT2D eigenvalue weighted by Crippen LogP contribution is -2.24. The molecule has 1 saturated heterocycles. The van der Waals surface area contributed by atoms with Gasteiger partial charge in [-0.1, -0.05) is 43.6 Å². The fourth-order valence-corrected chi connectivity index (χ4v) is 3.46. The van der Waals surface area contributed by atoms with Crippen LogP contribution in [0.3, 0.4) is 0 Å². The van der Waals surface area contributed by atoms with E-state index < -0.39 is 0 Å². The summed E-state index contributed by atoms with van der Waals surface area (Å²) in [5, 5.41) is 3.60. The number of hydrogen-bond acceptors (Lipinski definition) is 3. The molecule has 0 unspecified atom stereocenters. The monoisotopic (exact) mass is 372 g/mol. The quantitative estimate of drug-likeness (QED) is 0.768. The minimum Gasteiger partial charge on any atom is -0.484 e. The molecule has 1 N–H and O–H groups in total. The van der Waals surface area contributed by atoms with Gasteiger partial charge in [0, 0.05) is 13.1 Å². The average Bonchev–Trinajstić information content (AvgIpc) is 3.14. The second-order valence-electron chi connectivity index (χ2n) is 6.89. The molecular weight excluding hydrogens is 348 g/mol. The zero-order chi connectivity index (χ0) is 18.5. The summed E-state index contributed by atoms with van der Waals surface area (Å²) < 4.78 is 5.61. The minimum atomic E-state index is -0.194. The van der Waals surface area contributed by atoms with E-state index in [0.717, 1.165) is 37.3 Å². The first-order valence-electron chi connectivity index (χ1n) is 9.10. The molecule has 0 bridgehead atoms. The molecule has 0 aromatic heterocycles. The summed E-state index contributed by atoms with van der Waals surface area (Å²) in [6.07, 6.45) is 2.29. The molecule has 2 aromatic rings. The number of ether oxygens (including phenoxy) is 1. The Morgan fingerprint density at radius 2 is 1.85 bits per heavy atom. The Morgan fingerprint density at radius 1 is 1.15 bits per heavy atom. The molecule has 3 rings (SSSR count). The molecule has 0 spiro atoms. The second kappa shape index (κ2) is 8.45. The number of para-hydroxylation sites is 1. The van der Waals surface area contributed by atoms with Crippen LogP contribution in [0.5, 0.6) is 5.75 Å². The second-order valence-corrected chi connectivity index (χ2v) is 7.30. The van der Waals surface area contributed by atoms with E-state index in [9.17, 15) is 4.79 Å². The highest BCUT2D eigenvalue weighted by molar-refractivity contribution is 6.34. The Kier molecular flexibility index (Phi) is 6.04. The van der Waals surface area contributed by atoms with Gasteiger partial charge in [-0.05, 0) is 48.6 Å². The summed E-state index contributed by atoms with van der Waals surface area (Å²) in [5.74, 6) is 0.968. The van der Waals surface area contributed by atoms with Crippen molar-refractivity contribution in [3.63, 3.8) is 0 Å². The van der Waals surface area contributed by atoms with Crippen LogP contribution in [0.15, 0.2) is 42.5 Å². The molecule has 26 heavy (non-hydrogen) atoms. The van der Waals surface area contributed by atoms with Crippen molar-refractivity contribution in [2.75, 3.05) is 29.9 Å². The number of hydrogen-bond donors (Lipinski definition) is 1. The molecule has 4 nitrogen and oxygen atoms in total. The highest BCUT2D eigenvalue weighted by Gasteiger charge is 2.19. The van der Waals surface area contributed by atoms with Gasteiger partial charge in [0.1, 0.15) is 5.75 Å². The number of halogens is 1. The number of nitrogens with one attached hydrogen (secondary N) is 1. The standard InChI is InChI=1S/C21H25ClN2O2/c1-15(2)16-8-10-17(11-9-16)26-14-20(25)23-19-7-5-6-18(22)21(19)24-12-3-4-13-24/h5-11,15H,3-4,12-14H2,1-2H3,(H,23,25). The van der Waals surface area contributed by atoms with Crippen molar-refractivity contribution in [3.05, 3.63) is 53.1 Å². The molecule has 1 amide bonds. The normalized spacial score (nSPS) is 13.9. The predicted octanol–water partition coefficient (Wildman–Crippen LogP) is 5.08. The average molecular weight is 373 g/mol. The van der Waals surface area contributed by atoms with Gasteiger partial charge in [0.05, 0.1) is 16.4 Å². The summed E-state index contributed by atoms with van der Waals surface area (Å²) in [7, 11) is 0.